The smallest absolute Gasteiger partial charge is 0.241 e. The van der Waals surface area contributed by atoms with E-state index in [9.17, 15) is 4.79 Å². The normalized spacial score (nSPS) is 10.6. The van der Waals surface area contributed by atoms with E-state index in [1.54, 1.807) is 17.1 Å². The summed E-state index contributed by atoms with van der Waals surface area (Å²) in [5, 5.41) is 7.15. The maximum absolute atomic E-state index is 11.7. The molecule has 0 atom stereocenters. The molecule has 2 aromatic rings. The van der Waals surface area contributed by atoms with Crippen molar-refractivity contribution in [2.45, 2.75) is 33.2 Å². The van der Waals surface area contributed by atoms with Crippen molar-refractivity contribution in [2.24, 2.45) is 0 Å². The molecule has 6 nitrogen and oxygen atoms in total. The lowest BCUT2D eigenvalue weighted by Crippen LogP contribution is -2.29. The molecule has 0 unspecified atom stereocenters. The average molecular weight is 261 g/mol. The van der Waals surface area contributed by atoms with Gasteiger partial charge < -0.3 is 10.3 Å². The van der Waals surface area contributed by atoms with Gasteiger partial charge in [-0.1, -0.05) is 0 Å². The molecule has 0 aromatic carbocycles. The molecule has 0 aliphatic rings. The first-order valence-corrected chi connectivity index (χ1v) is 6.41. The molecule has 19 heavy (non-hydrogen) atoms. The Kier molecular flexibility index (Phi) is 4.33. The van der Waals surface area contributed by atoms with Gasteiger partial charge in [0.2, 0.25) is 5.91 Å². The number of imidazole rings is 1. The number of H-pyrrole nitrogens is 1. The lowest BCUT2D eigenvalue weighted by Gasteiger charge is -2.06. The molecule has 0 spiro atoms. The molecule has 0 aliphatic carbocycles. The number of hydrogen-bond donors (Lipinski definition) is 2. The maximum Gasteiger partial charge on any atom is 0.241 e. The fourth-order valence-electron chi connectivity index (χ4n) is 1.95. The molecule has 0 fully saturated rings. The first-order chi connectivity index (χ1) is 9.15. The summed E-state index contributed by atoms with van der Waals surface area (Å²) in [5.74, 6) is 0.943. The predicted octanol–water partition coefficient (Wildman–Crippen LogP) is 0.972. The first kappa shape index (κ1) is 13.3. The van der Waals surface area contributed by atoms with Gasteiger partial charge in [-0.05, 0) is 26.3 Å². The molecular weight excluding hydrogens is 242 g/mol. The molecule has 0 saturated carbocycles. The van der Waals surface area contributed by atoms with Crippen molar-refractivity contribution in [3.05, 3.63) is 35.7 Å². The molecule has 2 aromatic heterocycles. The minimum Gasteiger partial charge on any atom is -0.354 e. The topological polar surface area (TPSA) is 75.6 Å². The average Bonchev–Trinajstić information content (AvgIpc) is 2.96. The lowest BCUT2D eigenvalue weighted by molar-refractivity contribution is -0.121. The zero-order chi connectivity index (χ0) is 13.7. The Morgan fingerprint density at radius 2 is 2.32 bits per heavy atom. The van der Waals surface area contributed by atoms with E-state index in [4.69, 9.17) is 0 Å². The summed E-state index contributed by atoms with van der Waals surface area (Å²) in [7, 11) is 0. The highest BCUT2D eigenvalue weighted by atomic mass is 16.2. The molecule has 1 amide bonds. The van der Waals surface area contributed by atoms with Crippen LogP contribution in [0.2, 0.25) is 0 Å². The van der Waals surface area contributed by atoms with Crippen molar-refractivity contribution in [3.8, 4) is 0 Å². The standard InChI is InChI=1S/C13H19N5O/c1-10-8-11(2)18(17-10)9-13(19)16-5-3-4-12-14-6-7-15-12/h6-8H,3-5,9H2,1-2H3,(H,14,15)(H,16,19). The second-order valence-electron chi connectivity index (χ2n) is 4.57. The second kappa shape index (κ2) is 6.17. The van der Waals surface area contributed by atoms with Gasteiger partial charge in [0, 0.05) is 31.1 Å². The van der Waals surface area contributed by atoms with Crippen LogP contribution in [0.5, 0.6) is 0 Å². The Bertz CT molecular complexity index is 529. The number of amides is 1. The molecule has 2 rings (SSSR count). The minimum atomic E-state index is -0.00866. The molecular formula is C13H19N5O. The second-order valence-corrected chi connectivity index (χ2v) is 4.57. The number of rotatable bonds is 6. The predicted molar refractivity (Wildman–Crippen MR) is 71.6 cm³/mol. The van der Waals surface area contributed by atoms with Crippen LogP contribution in [-0.4, -0.2) is 32.2 Å². The lowest BCUT2D eigenvalue weighted by atomic mass is 10.3. The summed E-state index contributed by atoms with van der Waals surface area (Å²) in [6.07, 6.45) is 5.25. The van der Waals surface area contributed by atoms with Crippen LogP contribution in [0.3, 0.4) is 0 Å². The molecule has 0 aliphatic heterocycles. The van der Waals surface area contributed by atoms with Crippen molar-refractivity contribution >= 4 is 5.91 Å². The van der Waals surface area contributed by atoms with Gasteiger partial charge in [-0.2, -0.15) is 5.10 Å². The van der Waals surface area contributed by atoms with E-state index in [0.29, 0.717) is 6.54 Å². The highest BCUT2D eigenvalue weighted by molar-refractivity contribution is 5.75. The summed E-state index contributed by atoms with van der Waals surface area (Å²) in [6.45, 7) is 4.80. The van der Waals surface area contributed by atoms with Gasteiger partial charge >= 0.3 is 0 Å². The van der Waals surface area contributed by atoms with Gasteiger partial charge in [0.15, 0.2) is 0 Å². The Morgan fingerprint density at radius 3 is 2.95 bits per heavy atom. The summed E-state index contributed by atoms with van der Waals surface area (Å²) in [6, 6.07) is 1.96. The summed E-state index contributed by atoms with van der Waals surface area (Å²) in [4.78, 5) is 18.9. The number of aromatic nitrogens is 4. The van der Waals surface area contributed by atoms with Gasteiger partial charge in [-0.15, -0.1) is 0 Å². The third-order valence-corrected chi connectivity index (χ3v) is 2.86. The highest BCUT2D eigenvalue weighted by Crippen LogP contribution is 2.01. The zero-order valence-electron chi connectivity index (χ0n) is 11.3. The molecule has 0 bridgehead atoms. The van der Waals surface area contributed by atoms with Crippen LogP contribution >= 0.6 is 0 Å². The zero-order valence-corrected chi connectivity index (χ0v) is 11.3. The van der Waals surface area contributed by atoms with E-state index in [1.165, 1.54) is 0 Å². The first-order valence-electron chi connectivity index (χ1n) is 6.41. The van der Waals surface area contributed by atoms with Crippen molar-refractivity contribution < 1.29 is 4.79 Å². The Hall–Kier alpha value is -2.11. The summed E-state index contributed by atoms with van der Waals surface area (Å²) < 4.78 is 1.72. The monoisotopic (exact) mass is 261 g/mol. The van der Waals surface area contributed by atoms with Gasteiger partial charge in [0.05, 0.1) is 5.69 Å². The molecule has 0 radical (unpaired) electrons. The third-order valence-electron chi connectivity index (χ3n) is 2.86. The molecule has 2 N–H and O–H groups in total. The number of carbonyl (C=O) groups excluding carboxylic acids is 1. The number of aryl methyl sites for hydroxylation is 3. The molecule has 6 heteroatoms. The highest BCUT2D eigenvalue weighted by Gasteiger charge is 2.06. The Balaban J connectivity index is 1.68. The summed E-state index contributed by atoms with van der Waals surface area (Å²) >= 11 is 0. The minimum absolute atomic E-state index is 0.00866. The van der Waals surface area contributed by atoms with Crippen LogP contribution in [0.1, 0.15) is 23.6 Å². The van der Waals surface area contributed by atoms with E-state index in [-0.39, 0.29) is 12.5 Å². The van der Waals surface area contributed by atoms with E-state index < -0.39 is 0 Å². The molecule has 2 heterocycles. The number of nitrogens with zero attached hydrogens (tertiary/aromatic N) is 3. The largest absolute Gasteiger partial charge is 0.354 e. The van der Waals surface area contributed by atoms with Crippen LogP contribution in [0.15, 0.2) is 18.5 Å². The van der Waals surface area contributed by atoms with Crippen LogP contribution < -0.4 is 5.32 Å². The van der Waals surface area contributed by atoms with E-state index in [2.05, 4.69) is 20.4 Å². The third kappa shape index (κ3) is 3.94. The number of aromatic amines is 1. The van der Waals surface area contributed by atoms with Crippen molar-refractivity contribution in [1.29, 1.82) is 0 Å². The fraction of sp³-hybridized carbons (Fsp3) is 0.462. The SMILES string of the molecule is Cc1cc(C)n(CC(=O)NCCCc2ncc[nH]2)n1. The molecule has 102 valence electrons. The van der Waals surface area contributed by atoms with Crippen LogP contribution in [0.4, 0.5) is 0 Å². The summed E-state index contributed by atoms with van der Waals surface area (Å²) in [5.41, 5.74) is 1.94. The Morgan fingerprint density at radius 1 is 1.47 bits per heavy atom. The quantitative estimate of drug-likeness (QED) is 0.761. The van der Waals surface area contributed by atoms with E-state index in [0.717, 1.165) is 30.1 Å². The number of hydrogen-bond acceptors (Lipinski definition) is 3. The van der Waals surface area contributed by atoms with Crippen LogP contribution in [-0.2, 0) is 17.8 Å². The van der Waals surface area contributed by atoms with Crippen LogP contribution in [0, 0.1) is 13.8 Å². The number of nitrogens with one attached hydrogen (secondary N) is 2. The van der Waals surface area contributed by atoms with Gasteiger partial charge in [-0.25, -0.2) is 4.98 Å². The Labute approximate surface area is 112 Å². The van der Waals surface area contributed by atoms with Crippen molar-refractivity contribution in [1.82, 2.24) is 25.1 Å². The maximum atomic E-state index is 11.7. The fourth-order valence-corrected chi connectivity index (χ4v) is 1.95. The number of carbonyl (C=O) groups is 1. The molecule has 0 saturated heterocycles. The van der Waals surface area contributed by atoms with Gasteiger partial charge in [0.25, 0.3) is 0 Å². The van der Waals surface area contributed by atoms with Crippen LogP contribution in [0.25, 0.3) is 0 Å². The van der Waals surface area contributed by atoms with Crippen molar-refractivity contribution in [3.63, 3.8) is 0 Å². The van der Waals surface area contributed by atoms with Gasteiger partial charge in [0.1, 0.15) is 12.4 Å². The van der Waals surface area contributed by atoms with Gasteiger partial charge in [-0.3, -0.25) is 9.48 Å². The van der Waals surface area contributed by atoms with E-state index in [1.807, 2.05) is 19.9 Å². The van der Waals surface area contributed by atoms with E-state index >= 15 is 0 Å². The van der Waals surface area contributed by atoms with Crippen molar-refractivity contribution in [2.75, 3.05) is 6.54 Å².